The van der Waals surface area contributed by atoms with Crippen LogP contribution >= 0.6 is 0 Å². The fraction of sp³-hybridized carbons (Fsp3) is 0.308. The molecule has 170 valence electrons. The second-order valence-electron chi connectivity index (χ2n) is 8.74. The Morgan fingerprint density at radius 1 is 0.879 bits per heavy atom. The van der Waals surface area contributed by atoms with Crippen LogP contribution in [0.4, 0.5) is 0 Å². The Bertz CT molecular complexity index is 1120. The van der Waals surface area contributed by atoms with Crippen LogP contribution in [-0.4, -0.2) is 71.1 Å². The van der Waals surface area contributed by atoms with Crippen LogP contribution in [0.5, 0.6) is 0 Å². The van der Waals surface area contributed by atoms with Crippen LogP contribution in [0.1, 0.15) is 50.5 Å². The first-order valence-electron chi connectivity index (χ1n) is 11.2. The van der Waals surface area contributed by atoms with Crippen molar-refractivity contribution < 1.29 is 19.2 Å². The molecule has 1 saturated heterocycles. The molecule has 2 aromatic rings. The van der Waals surface area contributed by atoms with Gasteiger partial charge < -0.3 is 9.80 Å². The van der Waals surface area contributed by atoms with Crippen molar-refractivity contribution in [2.45, 2.75) is 13.8 Å². The van der Waals surface area contributed by atoms with Gasteiger partial charge in [0.05, 0.1) is 11.1 Å². The van der Waals surface area contributed by atoms with E-state index < -0.39 is 0 Å². The van der Waals surface area contributed by atoms with Crippen molar-refractivity contribution in [3.8, 4) is 0 Å². The summed E-state index contributed by atoms with van der Waals surface area (Å²) in [6, 6.07) is 14.3. The molecule has 2 heterocycles. The number of carbonyl (C=O) groups excluding carboxylic acids is 4. The fourth-order valence-corrected chi connectivity index (χ4v) is 4.10. The van der Waals surface area contributed by atoms with E-state index in [-0.39, 0.29) is 35.1 Å². The van der Waals surface area contributed by atoms with Gasteiger partial charge in [-0.15, -0.1) is 0 Å². The minimum absolute atomic E-state index is 0.0853. The van der Waals surface area contributed by atoms with Gasteiger partial charge in [0.15, 0.2) is 0 Å². The van der Waals surface area contributed by atoms with Gasteiger partial charge in [-0.3, -0.25) is 24.1 Å². The van der Waals surface area contributed by atoms with Crippen LogP contribution in [0.15, 0.2) is 54.6 Å². The number of imide groups is 1. The Morgan fingerprint density at radius 2 is 1.52 bits per heavy atom. The van der Waals surface area contributed by atoms with Gasteiger partial charge in [-0.2, -0.15) is 0 Å². The summed E-state index contributed by atoms with van der Waals surface area (Å²) in [5.74, 6) is -0.780. The van der Waals surface area contributed by atoms with Gasteiger partial charge in [0.25, 0.3) is 17.7 Å². The minimum Gasteiger partial charge on any atom is -0.336 e. The Kier molecular flexibility index (Phi) is 6.40. The number of carbonyl (C=O) groups is 4. The molecule has 0 saturated carbocycles. The molecule has 0 atom stereocenters. The van der Waals surface area contributed by atoms with Crippen LogP contribution < -0.4 is 0 Å². The van der Waals surface area contributed by atoms with Crippen molar-refractivity contribution in [1.82, 2.24) is 14.7 Å². The van der Waals surface area contributed by atoms with Gasteiger partial charge >= 0.3 is 0 Å². The topological polar surface area (TPSA) is 78.0 Å². The molecular weight excluding hydrogens is 418 g/mol. The van der Waals surface area contributed by atoms with Crippen molar-refractivity contribution in [2.75, 3.05) is 32.7 Å². The molecule has 0 spiro atoms. The highest BCUT2D eigenvalue weighted by Gasteiger charge is 2.36. The summed E-state index contributed by atoms with van der Waals surface area (Å²) in [7, 11) is 0. The molecule has 0 radical (unpaired) electrons. The molecule has 2 aromatic carbocycles. The number of benzene rings is 2. The van der Waals surface area contributed by atoms with Crippen LogP contribution in [0.3, 0.4) is 0 Å². The number of nitrogens with zero attached hydrogens (tertiary/aromatic N) is 3. The third kappa shape index (κ3) is 4.72. The minimum atomic E-state index is -0.348. The average Bonchev–Trinajstić information content (AvgIpc) is 3.06. The van der Waals surface area contributed by atoms with E-state index in [9.17, 15) is 19.2 Å². The number of piperazine rings is 1. The van der Waals surface area contributed by atoms with Crippen LogP contribution in [0, 0.1) is 5.92 Å². The third-order valence-electron chi connectivity index (χ3n) is 5.86. The summed E-state index contributed by atoms with van der Waals surface area (Å²) in [4.78, 5) is 55.4. The molecule has 7 nitrogen and oxygen atoms in total. The molecule has 4 rings (SSSR count). The van der Waals surface area contributed by atoms with Gasteiger partial charge in [-0.25, -0.2) is 0 Å². The molecular formula is C26H27N3O4. The number of hydrogen-bond acceptors (Lipinski definition) is 4. The van der Waals surface area contributed by atoms with Gasteiger partial charge in [-0.05, 0) is 35.8 Å². The Balaban J connectivity index is 1.38. The lowest BCUT2D eigenvalue weighted by atomic mass is 10.0. The molecule has 1 fully saturated rings. The highest BCUT2D eigenvalue weighted by molar-refractivity contribution is 6.22. The lowest BCUT2D eigenvalue weighted by Gasteiger charge is -2.34. The second-order valence-corrected chi connectivity index (χ2v) is 8.74. The van der Waals surface area contributed by atoms with Gasteiger partial charge in [0.2, 0.25) is 5.91 Å². The molecule has 0 aromatic heterocycles. The van der Waals surface area contributed by atoms with Crippen molar-refractivity contribution in [1.29, 1.82) is 0 Å². The van der Waals surface area contributed by atoms with E-state index in [1.54, 1.807) is 34.1 Å². The highest BCUT2D eigenvalue weighted by atomic mass is 16.2. The summed E-state index contributed by atoms with van der Waals surface area (Å²) in [5.41, 5.74) is 1.96. The molecule has 0 unspecified atom stereocenters. The first-order valence-corrected chi connectivity index (χ1v) is 11.2. The monoisotopic (exact) mass is 445 g/mol. The maximum absolute atomic E-state index is 13.0. The number of fused-ring (bicyclic) bond motifs is 1. The van der Waals surface area contributed by atoms with E-state index in [4.69, 9.17) is 0 Å². The summed E-state index contributed by atoms with van der Waals surface area (Å²) >= 11 is 0. The predicted molar refractivity (Wildman–Crippen MR) is 125 cm³/mol. The van der Waals surface area contributed by atoms with E-state index in [1.165, 1.54) is 11.0 Å². The van der Waals surface area contributed by atoms with Crippen molar-refractivity contribution >= 4 is 29.7 Å². The molecule has 2 aliphatic rings. The zero-order valence-corrected chi connectivity index (χ0v) is 18.9. The van der Waals surface area contributed by atoms with E-state index in [1.807, 2.05) is 44.2 Å². The molecule has 4 amide bonds. The smallest absolute Gasteiger partial charge is 0.261 e. The Labute approximate surface area is 193 Å². The molecule has 0 bridgehead atoms. The van der Waals surface area contributed by atoms with Gasteiger partial charge in [0.1, 0.15) is 0 Å². The normalized spacial score (nSPS) is 16.2. The van der Waals surface area contributed by atoms with Crippen LogP contribution in [0.25, 0.3) is 6.08 Å². The first kappa shape index (κ1) is 22.5. The Hall–Kier alpha value is -3.74. The van der Waals surface area contributed by atoms with E-state index >= 15 is 0 Å². The fourth-order valence-electron chi connectivity index (χ4n) is 4.10. The summed E-state index contributed by atoms with van der Waals surface area (Å²) < 4.78 is 0. The van der Waals surface area contributed by atoms with Crippen molar-refractivity contribution in [3.63, 3.8) is 0 Å². The van der Waals surface area contributed by atoms with Crippen LogP contribution in [-0.2, 0) is 4.79 Å². The summed E-state index contributed by atoms with van der Waals surface area (Å²) in [5, 5.41) is 0. The molecule has 2 aliphatic heterocycles. The Morgan fingerprint density at radius 3 is 2.18 bits per heavy atom. The maximum Gasteiger partial charge on any atom is 0.261 e. The van der Waals surface area contributed by atoms with E-state index in [2.05, 4.69) is 0 Å². The zero-order chi connectivity index (χ0) is 23.5. The molecule has 33 heavy (non-hydrogen) atoms. The number of amides is 4. The highest BCUT2D eigenvalue weighted by Crippen LogP contribution is 2.25. The molecule has 0 N–H and O–H groups in total. The van der Waals surface area contributed by atoms with E-state index in [0.717, 1.165) is 5.56 Å². The lowest BCUT2D eigenvalue weighted by molar-refractivity contribution is -0.127. The zero-order valence-electron chi connectivity index (χ0n) is 18.9. The second kappa shape index (κ2) is 9.40. The lowest BCUT2D eigenvalue weighted by Crippen LogP contribution is -2.50. The summed E-state index contributed by atoms with van der Waals surface area (Å²) in [6.07, 6.45) is 3.34. The van der Waals surface area contributed by atoms with Crippen molar-refractivity contribution in [2.24, 2.45) is 5.92 Å². The van der Waals surface area contributed by atoms with E-state index in [0.29, 0.717) is 43.9 Å². The first-order chi connectivity index (χ1) is 15.8. The predicted octanol–water partition coefficient (Wildman–Crippen LogP) is 2.94. The number of hydrogen-bond donors (Lipinski definition) is 0. The quantitative estimate of drug-likeness (QED) is 0.524. The standard InChI is InChI=1S/C26H27N3O4/c1-18(2)17-29-25(32)21-10-9-20(16-22(21)26(29)33)24(31)28-14-12-27(13-15-28)23(30)11-8-19-6-4-3-5-7-19/h3-11,16,18H,12-15,17H2,1-2H3/b11-8+. The molecule has 7 heteroatoms. The average molecular weight is 446 g/mol. The third-order valence-corrected chi connectivity index (χ3v) is 5.86. The number of rotatable bonds is 5. The SMILES string of the molecule is CC(C)CN1C(=O)c2ccc(C(=O)N3CCN(C(=O)/C=C/c4ccccc4)CC3)cc2C1=O. The van der Waals surface area contributed by atoms with Gasteiger partial charge in [0, 0.05) is 44.4 Å². The maximum atomic E-state index is 13.0. The van der Waals surface area contributed by atoms with Gasteiger partial charge in [-0.1, -0.05) is 44.2 Å². The van der Waals surface area contributed by atoms with Crippen LogP contribution in [0.2, 0.25) is 0 Å². The largest absolute Gasteiger partial charge is 0.336 e. The summed E-state index contributed by atoms with van der Waals surface area (Å²) in [6.45, 7) is 5.94. The van der Waals surface area contributed by atoms with Crippen molar-refractivity contribution in [3.05, 3.63) is 76.9 Å². The molecule has 0 aliphatic carbocycles.